The summed E-state index contributed by atoms with van der Waals surface area (Å²) in [6, 6.07) is 0.138. The second-order valence-electron chi connectivity index (χ2n) is 2.91. The van der Waals surface area contributed by atoms with Crippen LogP contribution < -0.4 is 5.73 Å². The van der Waals surface area contributed by atoms with Crippen LogP contribution in [0.5, 0.6) is 0 Å². The number of allylic oxidation sites excluding steroid dienone is 1. The summed E-state index contributed by atoms with van der Waals surface area (Å²) in [5.74, 6) is 0. The highest BCUT2D eigenvalue weighted by Gasteiger charge is 2.17. The van der Waals surface area contributed by atoms with E-state index in [-0.39, 0.29) is 6.04 Å². The van der Waals surface area contributed by atoms with Gasteiger partial charge in [-0.25, -0.2) is 0 Å². The van der Waals surface area contributed by atoms with Gasteiger partial charge < -0.3 is 5.73 Å². The average Bonchev–Trinajstić information content (AvgIpc) is 1.93. The van der Waals surface area contributed by atoms with E-state index in [0.717, 1.165) is 17.7 Å². The Morgan fingerprint density at radius 1 is 1.50 bits per heavy atom. The number of nitrogens with two attached hydrogens (primary N) is 1. The van der Waals surface area contributed by atoms with Crippen molar-refractivity contribution in [3.8, 4) is 0 Å². The first-order valence-corrected chi connectivity index (χ1v) is 4.00. The van der Waals surface area contributed by atoms with E-state index >= 15 is 0 Å². The van der Waals surface area contributed by atoms with Crippen LogP contribution in [0.2, 0.25) is 0 Å². The number of hydrogen-bond donors (Lipinski definition) is 1. The fourth-order valence-corrected chi connectivity index (χ4v) is 1.47. The van der Waals surface area contributed by atoms with Crippen molar-refractivity contribution >= 4 is 17.1 Å². The van der Waals surface area contributed by atoms with E-state index in [1.165, 1.54) is 11.1 Å². The summed E-state index contributed by atoms with van der Waals surface area (Å²) in [5, 5.41) is 0. The molecule has 0 spiro atoms. The lowest BCUT2D eigenvalue weighted by molar-refractivity contribution is 0.728. The lowest BCUT2D eigenvalue weighted by Gasteiger charge is -2.21. The van der Waals surface area contributed by atoms with Gasteiger partial charge in [-0.15, -0.1) is 0 Å². The van der Waals surface area contributed by atoms with Gasteiger partial charge in [-0.1, -0.05) is 17.8 Å². The van der Waals surface area contributed by atoms with Gasteiger partial charge in [-0.05, 0) is 32.3 Å². The standard InChI is InChI=1S/C8H13NS/c1-5-3-4-7(9)8(10)6(5)2/h7H,3-4,9H2,1-2H3/t7-/m0/s1. The molecular weight excluding hydrogens is 142 g/mol. The Labute approximate surface area is 67.3 Å². The average molecular weight is 155 g/mol. The molecule has 0 aromatic rings. The zero-order valence-electron chi connectivity index (χ0n) is 6.48. The Kier molecular flexibility index (Phi) is 2.21. The third-order valence-corrected chi connectivity index (χ3v) is 2.79. The third-order valence-electron chi connectivity index (χ3n) is 2.18. The minimum atomic E-state index is 0.138. The van der Waals surface area contributed by atoms with Crippen molar-refractivity contribution in [2.45, 2.75) is 32.7 Å². The van der Waals surface area contributed by atoms with E-state index in [2.05, 4.69) is 13.8 Å². The normalized spacial score (nSPS) is 27.5. The van der Waals surface area contributed by atoms with Crippen LogP contribution in [-0.2, 0) is 0 Å². The number of thiocarbonyl (C=S) groups is 1. The molecule has 0 amide bonds. The van der Waals surface area contributed by atoms with E-state index in [4.69, 9.17) is 18.0 Å². The molecule has 0 unspecified atom stereocenters. The summed E-state index contributed by atoms with van der Waals surface area (Å²) in [6.45, 7) is 4.20. The van der Waals surface area contributed by atoms with Crippen molar-refractivity contribution in [2.24, 2.45) is 5.73 Å². The molecule has 2 N–H and O–H groups in total. The minimum Gasteiger partial charge on any atom is -0.323 e. The molecule has 56 valence electrons. The summed E-state index contributed by atoms with van der Waals surface area (Å²) in [6.07, 6.45) is 2.15. The number of rotatable bonds is 0. The predicted molar refractivity (Wildman–Crippen MR) is 48.2 cm³/mol. The van der Waals surface area contributed by atoms with E-state index < -0.39 is 0 Å². The SMILES string of the molecule is CC1=C(C)C(=S)[C@@H](N)CC1. The molecule has 2 heteroatoms. The van der Waals surface area contributed by atoms with Crippen LogP contribution in [0.25, 0.3) is 0 Å². The van der Waals surface area contributed by atoms with Crippen molar-refractivity contribution in [1.29, 1.82) is 0 Å². The Morgan fingerprint density at radius 2 is 2.10 bits per heavy atom. The van der Waals surface area contributed by atoms with Gasteiger partial charge >= 0.3 is 0 Å². The maximum Gasteiger partial charge on any atom is 0.0403 e. The highest BCUT2D eigenvalue weighted by molar-refractivity contribution is 7.81. The highest BCUT2D eigenvalue weighted by atomic mass is 32.1. The van der Waals surface area contributed by atoms with Crippen molar-refractivity contribution < 1.29 is 0 Å². The zero-order chi connectivity index (χ0) is 7.72. The second-order valence-corrected chi connectivity index (χ2v) is 3.35. The molecule has 0 aromatic carbocycles. The molecule has 0 heterocycles. The Bertz CT molecular complexity index is 193. The molecule has 0 radical (unpaired) electrons. The van der Waals surface area contributed by atoms with E-state index in [0.29, 0.717) is 0 Å². The lowest BCUT2D eigenvalue weighted by atomic mass is 9.90. The summed E-state index contributed by atoms with van der Waals surface area (Å²) in [5.41, 5.74) is 8.41. The molecule has 1 rings (SSSR count). The predicted octanol–water partition coefficient (Wildman–Crippen LogP) is 1.81. The quantitative estimate of drug-likeness (QED) is 0.540. The van der Waals surface area contributed by atoms with Crippen molar-refractivity contribution in [3.63, 3.8) is 0 Å². The maximum atomic E-state index is 5.76. The molecular formula is C8H13NS. The maximum absolute atomic E-state index is 5.76. The molecule has 0 saturated carbocycles. The monoisotopic (exact) mass is 155 g/mol. The van der Waals surface area contributed by atoms with E-state index in [1.54, 1.807) is 0 Å². The molecule has 0 fully saturated rings. The molecule has 1 aliphatic carbocycles. The fraction of sp³-hybridized carbons (Fsp3) is 0.625. The molecule has 0 aliphatic heterocycles. The molecule has 0 saturated heterocycles. The first-order chi connectivity index (χ1) is 4.63. The highest BCUT2D eigenvalue weighted by Crippen LogP contribution is 2.21. The van der Waals surface area contributed by atoms with Crippen molar-refractivity contribution in [1.82, 2.24) is 0 Å². The van der Waals surface area contributed by atoms with Gasteiger partial charge in [0.15, 0.2) is 0 Å². The molecule has 0 aromatic heterocycles. The second kappa shape index (κ2) is 2.81. The molecule has 0 bridgehead atoms. The van der Waals surface area contributed by atoms with Gasteiger partial charge in [0.25, 0.3) is 0 Å². The largest absolute Gasteiger partial charge is 0.323 e. The van der Waals surface area contributed by atoms with Gasteiger partial charge in [-0.2, -0.15) is 0 Å². The third kappa shape index (κ3) is 1.27. The molecule has 1 atom stereocenters. The van der Waals surface area contributed by atoms with Crippen LogP contribution in [0, 0.1) is 0 Å². The summed E-state index contributed by atoms with van der Waals surface area (Å²) in [7, 11) is 0. The van der Waals surface area contributed by atoms with Gasteiger partial charge in [0.2, 0.25) is 0 Å². The molecule has 1 aliphatic rings. The van der Waals surface area contributed by atoms with Crippen LogP contribution in [0.1, 0.15) is 26.7 Å². The fourth-order valence-electron chi connectivity index (χ4n) is 1.18. The molecule has 10 heavy (non-hydrogen) atoms. The van der Waals surface area contributed by atoms with Crippen LogP contribution in [-0.4, -0.2) is 10.9 Å². The van der Waals surface area contributed by atoms with Crippen LogP contribution in [0.15, 0.2) is 11.1 Å². The zero-order valence-corrected chi connectivity index (χ0v) is 7.29. The molecule has 1 nitrogen and oxygen atoms in total. The van der Waals surface area contributed by atoms with Gasteiger partial charge in [-0.3, -0.25) is 0 Å². The van der Waals surface area contributed by atoms with Gasteiger partial charge in [0.1, 0.15) is 0 Å². The van der Waals surface area contributed by atoms with E-state index in [9.17, 15) is 0 Å². The number of hydrogen-bond acceptors (Lipinski definition) is 2. The van der Waals surface area contributed by atoms with Crippen LogP contribution in [0.3, 0.4) is 0 Å². The minimum absolute atomic E-state index is 0.138. The van der Waals surface area contributed by atoms with Crippen LogP contribution >= 0.6 is 12.2 Å². The Morgan fingerprint density at radius 3 is 2.60 bits per heavy atom. The first kappa shape index (κ1) is 7.89. The lowest BCUT2D eigenvalue weighted by Crippen LogP contribution is -2.32. The van der Waals surface area contributed by atoms with Crippen molar-refractivity contribution in [2.75, 3.05) is 0 Å². The van der Waals surface area contributed by atoms with E-state index in [1.807, 2.05) is 0 Å². The van der Waals surface area contributed by atoms with Gasteiger partial charge in [0, 0.05) is 10.9 Å². The topological polar surface area (TPSA) is 26.0 Å². The summed E-state index contributed by atoms with van der Waals surface area (Å²) in [4.78, 5) is 0.962. The summed E-state index contributed by atoms with van der Waals surface area (Å²) >= 11 is 5.15. The van der Waals surface area contributed by atoms with Gasteiger partial charge in [0.05, 0.1) is 0 Å². The smallest absolute Gasteiger partial charge is 0.0403 e. The van der Waals surface area contributed by atoms with Crippen LogP contribution in [0.4, 0.5) is 0 Å². The first-order valence-electron chi connectivity index (χ1n) is 3.59. The summed E-state index contributed by atoms with van der Waals surface area (Å²) < 4.78 is 0. The Balaban J connectivity index is 2.88. The van der Waals surface area contributed by atoms with Crippen molar-refractivity contribution in [3.05, 3.63) is 11.1 Å². The Hall–Kier alpha value is -0.210.